The van der Waals surface area contributed by atoms with Crippen LogP contribution in [0.2, 0.25) is 0 Å². The number of rotatable bonds is 7. The van der Waals surface area contributed by atoms with E-state index in [2.05, 4.69) is 20.6 Å². The Bertz CT molecular complexity index is 451. The smallest absolute Gasteiger partial charge is 0.324 e. The van der Waals surface area contributed by atoms with Crippen LogP contribution in [0, 0.1) is 6.92 Å². The maximum absolute atomic E-state index is 12.9. The maximum Gasteiger partial charge on any atom is 0.324 e. The quantitative estimate of drug-likeness (QED) is 0.759. The molecule has 0 radical (unpaired) electrons. The third-order valence-corrected chi connectivity index (χ3v) is 2.71. The van der Waals surface area contributed by atoms with Crippen LogP contribution >= 0.6 is 0 Å². The molecule has 0 aliphatic carbocycles. The van der Waals surface area contributed by atoms with Gasteiger partial charge in [0, 0.05) is 19.0 Å². The summed E-state index contributed by atoms with van der Waals surface area (Å²) in [5.74, 6) is -2.98. The first-order valence-electron chi connectivity index (χ1n) is 6.27. The van der Waals surface area contributed by atoms with Crippen molar-refractivity contribution in [3.8, 4) is 0 Å². The topological polar surface area (TPSA) is 49.8 Å². The highest BCUT2D eigenvalue weighted by molar-refractivity contribution is 5.57. The van der Waals surface area contributed by atoms with Crippen LogP contribution in [0.1, 0.15) is 24.7 Å². The SMILES string of the molecule is CCCc1nc(NC)c(C)c(NCC(F)(F)C(F)F)n1. The van der Waals surface area contributed by atoms with Crippen molar-refractivity contribution >= 4 is 11.6 Å². The molecular weight excluding hydrogens is 276 g/mol. The molecule has 0 aliphatic heterocycles. The normalized spacial score (nSPS) is 11.8. The van der Waals surface area contributed by atoms with E-state index in [4.69, 9.17) is 0 Å². The van der Waals surface area contributed by atoms with E-state index >= 15 is 0 Å². The molecule has 1 aromatic rings. The predicted octanol–water partition coefficient (Wildman–Crippen LogP) is 3.09. The number of aromatic nitrogens is 2. The summed E-state index contributed by atoms with van der Waals surface area (Å²) in [6, 6.07) is 0. The Labute approximate surface area is 115 Å². The van der Waals surface area contributed by atoms with E-state index in [1.807, 2.05) is 6.92 Å². The molecular formula is C12H18F4N4. The molecule has 8 heteroatoms. The lowest BCUT2D eigenvalue weighted by Crippen LogP contribution is -2.35. The summed E-state index contributed by atoms with van der Waals surface area (Å²) in [4.78, 5) is 8.32. The van der Waals surface area contributed by atoms with Gasteiger partial charge in [-0.05, 0) is 13.3 Å². The van der Waals surface area contributed by atoms with Gasteiger partial charge in [0.2, 0.25) is 0 Å². The first-order valence-corrected chi connectivity index (χ1v) is 6.27. The first-order chi connectivity index (χ1) is 9.31. The molecule has 114 valence electrons. The second-order valence-electron chi connectivity index (χ2n) is 4.38. The molecule has 4 nitrogen and oxygen atoms in total. The molecule has 0 fully saturated rings. The van der Waals surface area contributed by atoms with Crippen LogP contribution in [0.4, 0.5) is 29.2 Å². The third kappa shape index (κ3) is 3.94. The van der Waals surface area contributed by atoms with Crippen molar-refractivity contribution in [2.24, 2.45) is 0 Å². The minimum atomic E-state index is -4.10. The van der Waals surface area contributed by atoms with Gasteiger partial charge in [-0.1, -0.05) is 6.92 Å². The zero-order valence-electron chi connectivity index (χ0n) is 11.6. The number of aryl methyl sites for hydroxylation is 1. The van der Waals surface area contributed by atoms with E-state index in [1.165, 1.54) is 0 Å². The van der Waals surface area contributed by atoms with Gasteiger partial charge in [-0.2, -0.15) is 8.78 Å². The van der Waals surface area contributed by atoms with Gasteiger partial charge < -0.3 is 10.6 Å². The van der Waals surface area contributed by atoms with Gasteiger partial charge in [0.1, 0.15) is 17.5 Å². The van der Waals surface area contributed by atoms with Gasteiger partial charge in [-0.25, -0.2) is 18.7 Å². The fraction of sp³-hybridized carbons (Fsp3) is 0.667. The van der Waals surface area contributed by atoms with Crippen molar-refractivity contribution in [1.82, 2.24) is 9.97 Å². The number of halogens is 4. The van der Waals surface area contributed by atoms with Crippen LogP contribution in [-0.2, 0) is 6.42 Å². The molecule has 0 atom stereocenters. The van der Waals surface area contributed by atoms with Crippen molar-refractivity contribution in [3.05, 3.63) is 11.4 Å². The number of nitrogens with zero attached hydrogens (tertiary/aromatic N) is 2. The first kappa shape index (κ1) is 16.5. The Morgan fingerprint density at radius 1 is 1.20 bits per heavy atom. The lowest BCUT2D eigenvalue weighted by molar-refractivity contribution is -0.117. The zero-order chi connectivity index (χ0) is 15.3. The number of nitrogens with one attached hydrogen (secondary N) is 2. The summed E-state index contributed by atoms with van der Waals surface area (Å²) < 4.78 is 50.1. The van der Waals surface area contributed by atoms with Crippen molar-refractivity contribution in [3.63, 3.8) is 0 Å². The Kier molecular flexibility index (Phi) is 5.52. The average molecular weight is 294 g/mol. The van der Waals surface area contributed by atoms with E-state index in [1.54, 1.807) is 14.0 Å². The van der Waals surface area contributed by atoms with Gasteiger partial charge in [-0.15, -0.1) is 0 Å². The van der Waals surface area contributed by atoms with Crippen LogP contribution in [-0.4, -0.2) is 35.9 Å². The summed E-state index contributed by atoms with van der Waals surface area (Å²) in [5, 5.41) is 5.11. The van der Waals surface area contributed by atoms with E-state index in [0.717, 1.165) is 6.42 Å². The second kappa shape index (κ2) is 6.71. The number of anilines is 2. The number of hydrogen-bond donors (Lipinski definition) is 2. The van der Waals surface area contributed by atoms with Crippen molar-refractivity contribution < 1.29 is 17.6 Å². The minimum Gasteiger partial charge on any atom is -0.373 e. The summed E-state index contributed by atoms with van der Waals surface area (Å²) in [6.45, 7) is 2.39. The van der Waals surface area contributed by atoms with Crippen molar-refractivity contribution in [2.75, 3.05) is 24.2 Å². The molecule has 1 heterocycles. The van der Waals surface area contributed by atoms with Gasteiger partial charge in [0.15, 0.2) is 0 Å². The molecule has 0 spiro atoms. The molecule has 1 rings (SSSR count). The van der Waals surface area contributed by atoms with Crippen LogP contribution in [0.25, 0.3) is 0 Å². The van der Waals surface area contributed by atoms with Crippen LogP contribution < -0.4 is 10.6 Å². The van der Waals surface area contributed by atoms with Crippen LogP contribution in [0.3, 0.4) is 0 Å². The second-order valence-corrected chi connectivity index (χ2v) is 4.38. The summed E-state index contributed by atoms with van der Waals surface area (Å²) in [5.41, 5.74) is 0.511. The molecule has 20 heavy (non-hydrogen) atoms. The fourth-order valence-electron chi connectivity index (χ4n) is 1.59. The molecule has 0 aromatic carbocycles. The lowest BCUT2D eigenvalue weighted by Gasteiger charge is -2.18. The molecule has 0 amide bonds. The van der Waals surface area contributed by atoms with Gasteiger partial charge >= 0.3 is 12.3 Å². The van der Waals surface area contributed by atoms with E-state index in [9.17, 15) is 17.6 Å². The fourth-order valence-corrected chi connectivity index (χ4v) is 1.59. The van der Waals surface area contributed by atoms with E-state index in [-0.39, 0.29) is 5.82 Å². The van der Waals surface area contributed by atoms with Crippen molar-refractivity contribution in [2.45, 2.75) is 39.0 Å². The summed E-state index contributed by atoms with van der Waals surface area (Å²) in [7, 11) is 1.64. The highest BCUT2D eigenvalue weighted by Gasteiger charge is 2.40. The van der Waals surface area contributed by atoms with Gasteiger partial charge in [-0.3, -0.25) is 0 Å². The molecule has 0 unspecified atom stereocenters. The molecule has 0 bridgehead atoms. The number of hydrogen-bond acceptors (Lipinski definition) is 4. The molecule has 0 aliphatic rings. The zero-order valence-corrected chi connectivity index (χ0v) is 11.6. The van der Waals surface area contributed by atoms with Crippen molar-refractivity contribution in [1.29, 1.82) is 0 Å². The van der Waals surface area contributed by atoms with Crippen LogP contribution in [0.5, 0.6) is 0 Å². The minimum absolute atomic E-state index is 0.146. The Balaban J connectivity index is 2.96. The Hall–Kier alpha value is -1.60. The molecule has 0 saturated carbocycles. The molecule has 2 N–H and O–H groups in total. The third-order valence-electron chi connectivity index (χ3n) is 2.71. The Morgan fingerprint density at radius 3 is 2.30 bits per heavy atom. The summed E-state index contributed by atoms with van der Waals surface area (Å²) in [6.07, 6.45) is -2.34. The highest BCUT2D eigenvalue weighted by atomic mass is 19.3. The highest BCUT2D eigenvalue weighted by Crippen LogP contribution is 2.25. The van der Waals surface area contributed by atoms with E-state index in [0.29, 0.717) is 23.6 Å². The van der Waals surface area contributed by atoms with Crippen LogP contribution in [0.15, 0.2) is 0 Å². The summed E-state index contributed by atoms with van der Waals surface area (Å²) >= 11 is 0. The lowest BCUT2D eigenvalue weighted by atomic mass is 10.2. The standard InChI is InChI=1S/C12H18F4N4/c1-4-5-8-19-9(17-3)7(2)10(20-8)18-6-12(15,16)11(13)14/h11H,4-6H2,1-3H3,(H2,17,18,19,20). The largest absolute Gasteiger partial charge is 0.373 e. The van der Waals surface area contributed by atoms with Gasteiger partial charge in [0.05, 0.1) is 6.54 Å². The monoisotopic (exact) mass is 294 g/mol. The molecule has 1 aromatic heterocycles. The molecule has 0 saturated heterocycles. The number of alkyl halides is 4. The van der Waals surface area contributed by atoms with Gasteiger partial charge in [0.25, 0.3) is 0 Å². The van der Waals surface area contributed by atoms with E-state index < -0.39 is 18.9 Å². The Morgan fingerprint density at radius 2 is 1.80 bits per heavy atom. The average Bonchev–Trinajstić information content (AvgIpc) is 2.39. The predicted molar refractivity (Wildman–Crippen MR) is 69.8 cm³/mol. The maximum atomic E-state index is 12.9.